The number of benzene rings is 7. The van der Waals surface area contributed by atoms with E-state index >= 15 is 0 Å². The molecule has 0 spiro atoms. The molecule has 1 aromatic heterocycles. The van der Waals surface area contributed by atoms with Crippen LogP contribution in [0, 0.1) is 0 Å². The molecule has 3 nitrogen and oxygen atoms in total. The van der Waals surface area contributed by atoms with Gasteiger partial charge in [0.05, 0.1) is 5.69 Å². The Morgan fingerprint density at radius 2 is 1.20 bits per heavy atom. The first-order valence-electron chi connectivity index (χ1n) is 16.6. The van der Waals surface area contributed by atoms with Gasteiger partial charge in [0, 0.05) is 49.5 Å². The summed E-state index contributed by atoms with van der Waals surface area (Å²) in [6, 6.07) is 55.5. The van der Waals surface area contributed by atoms with Gasteiger partial charge in [-0.05, 0) is 101 Å². The van der Waals surface area contributed by atoms with E-state index in [1.807, 2.05) is 36.4 Å². The maximum atomic E-state index is 6.50. The molecule has 8 aromatic rings. The van der Waals surface area contributed by atoms with Gasteiger partial charge in [0.25, 0.3) is 0 Å². The molecule has 1 N–H and O–H groups in total. The van der Waals surface area contributed by atoms with Crippen molar-refractivity contribution >= 4 is 62.0 Å². The highest BCUT2D eigenvalue weighted by atomic mass is 35.5. The van der Waals surface area contributed by atoms with Crippen LogP contribution >= 0.6 is 11.6 Å². The van der Waals surface area contributed by atoms with Crippen molar-refractivity contribution in [2.45, 2.75) is 19.3 Å². The number of nitrogens with zero attached hydrogens (tertiary/aromatic N) is 1. The van der Waals surface area contributed by atoms with E-state index in [9.17, 15) is 0 Å². The van der Waals surface area contributed by atoms with Gasteiger partial charge in [0.1, 0.15) is 5.58 Å². The van der Waals surface area contributed by atoms with Crippen LogP contribution in [0.4, 0.5) is 28.4 Å². The molecular formula is C45H33ClN2O. The third kappa shape index (κ3) is 4.89. The molecule has 1 aliphatic carbocycles. The lowest BCUT2D eigenvalue weighted by atomic mass is 9.82. The van der Waals surface area contributed by atoms with Crippen molar-refractivity contribution in [1.82, 2.24) is 0 Å². The lowest BCUT2D eigenvalue weighted by Gasteiger charge is -2.28. The van der Waals surface area contributed by atoms with Crippen molar-refractivity contribution in [2.24, 2.45) is 0 Å². The summed E-state index contributed by atoms with van der Waals surface area (Å²) in [6.45, 7) is 4.66. The lowest BCUT2D eigenvalue weighted by molar-refractivity contribution is 0.660. The Balaban J connectivity index is 1.16. The Labute approximate surface area is 291 Å². The number of halogens is 1. The number of furan rings is 1. The third-order valence-electron chi connectivity index (χ3n) is 9.94. The van der Waals surface area contributed by atoms with Crippen LogP contribution in [0.1, 0.15) is 25.0 Å². The summed E-state index contributed by atoms with van der Waals surface area (Å²) in [7, 11) is 0. The average molecular weight is 653 g/mol. The van der Waals surface area contributed by atoms with E-state index in [-0.39, 0.29) is 5.41 Å². The molecule has 1 heterocycles. The molecule has 1 aliphatic rings. The summed E-state index contributed by atoms with van der Waals surface area (Å²) in [4.78, 5) is 2.35. The molecule has 0 radical (unpaired) electrons. The Kier molecular flexibility index (Phi) is 6.86. The Hall–Kier alpha value is -5.77. The van der Waals surface area contributed by atoms with Crippen molar-refractivity contribution in [1.29, 1.82) is 0 Å². The maximum absolute atomic E-state index is 6.50. The molecule has 0 aliphatic heterocycles. The summed E-state index contributed by atoms with van der Waals surface area (Å²) in [5, 5.41) is 6.53. The fourth-order valence-electron chi connectivity index (χ4n) is 7.48. The number of hydrogen-bond donors (Lipinski definition) is 1. The van der Waals surface area contributed by atoms with E-state index < -0.39 is 0 Å². The summed E-state index contributed by atoms with van der Waals surface area (Å²) in [6.07, 6.45) is 0. The highest BCUT2D eigenvalue weighted by Gasteiger charge is 2.35. The topological polar surface area (TPSA) is 28.4 Å². The van der Waals surface area contributed by atoms with Crippen LogP contribution in [0.3, 0.4) is 0 Å². The minimum atomic E-state index is -0.0864. The molecule has 0 bridgehead atoms. The summed E-state index contributed by atoms with van der Waals surface area (Å²) >= 11 is 6.23. The van der Waals surface area contributed by atoms with Crippen LogP contribution in [0.25, 0.3) is 44.2 Å². The van der Waals surface area contributed by atoms with E-state index in [0.717, 1.165) is 61.5 Å². The van der Waals surface area contributed by atoms with Gasteiger partial charge < -0.3 is 14.6 Å². The van der Waals surface area contributed by atoms with Crippen molar-refractivity contribution in [3.8, 4) is 22.3 Å². The van der Waals surface area contributed by atoms with E-state index in [0.29, 0.717) is 5.02 Å². The number of nitrogens with one attached hydrogen (secondary N) is 1. The molecule has 236 valence electrons. The zero-order chi connectivity index (χ0) is 33.1. The normalized spacial score (nSPS) is 13.0. The van der Waals surface area contributed by atoms with Crippen LogP contribution in [0.5, 0.6) is 0 Å². The molecule has 0 atom stereocenters. The second-order valence-corrected chi connectivity index (χ2v) is 13.6. The maximum Gasteiger partial charge on any atom is 0.159 e. The molecule has 9 rings (SSSR count). The van der Waals surface area contributed by atoms with Gasteiger partial charge >= 0.3 is 0 Å². The molecule has 49 heavy (non-hydrogen) atoms. The number of hydrogen-bond acceptors (Lipinski definition) is 3. The van der Waals surface area contributed by atoms with E-state index in [4.69, 9.17) is 16.0 Å². The summed E-state index contributed by atoms with van der Waals surface area (Å²) < 4.78 is 6.50. The number of para-hydroxylation sites is 2. The fraction of sp³-hybridized carbons (Fsp3) is 0.0667. The first-order valence-corrected chi connectivity index (χ1v) is 17.0. The smallest absolute Gasteiger partial charge is 0.159 e. The van der Waals surface area contributed by atoms with Crippen molar-refractivity contribution in [3.05, 3.63) is 174 Å². The third-order valence-corrected chi connectivity index (χ3v) is 10.2. The molecular weight excluding hydrogens is 620 g/mol. The van der Waals surface area contributed by atoms with Gasteiger partial charge in [-0.1, -0.05) is 110 Å². The van der Waals surface area contributed by atoms with Crippen molar-refractivity contribution in [3.63, 3.8) is 0 Å². The second-order valence-electron chi connectivity index (χ2n) is 13.2. The minimum Gasteiger partial charge on any atom is -0.454 e. The SMILES string of the molecule is CC1(C)c2ccccc2-c2ccc(N(c3ccccc3)c3ccc(-c4ccc5c(oc6ccccc65)c4Nc4ccc(Cl)cc4)cc3)cc21. The van der Waals surface area contributed by atoms with Crippen molar-refractivity contribution in [2.75, 3.05) is 10.2 Å². The minimum absolute atomic E-state index is 0.0864. The van der Waals surface area contributed by atoms with Crippen LogP contribution in [-0.4, -0.2) is 0 Å². The fourth-order valence-corrected chi connectivity index (χ4v) is 7.60. The first kappa shape index (κ1) is 29.4. The van der Waals surface area contributed by atoms with Crippen LogP contribution < -0.4 is 10.2 Å². The molecule has 7 aromatic carbocycles. The van der Waals surface area contributed by atoms with Gasteiger partial charge in [-0.3, -0.25) is 0 Å². The highest BCUT2D eigenvalue weighted by Crippen LogP contribution is 2.51. The first-order chi connectivity index (χ1) is 24.0. The molecule has 0 saturated heterocycles. The van der Waals surface area contributed by atoms with E-state index in [1.54, 1.807) is 0 Å². The molecule has 0 unspecified atom stereocenters. The quantitative estimate of drug-likeness (QED) is 0.194. The predicted molar refractivity (Wildman–Crippen MR) is 206 cm³/mol. The van der Waals surface area contributed by atoms with Gasteiger partial charge in [0.2, 0.25) is 0 Å². The Bertz CT molecular complexity index is 2500. The van der Waals surface area contributed by atoms with E-state index in [2.05, 4.69) is 145 Å². The highest BCUT2D eigenvalue weighted by molar-refractivity contribution is 6.30. The van der Waals surface area contributed by atoms with Crippen molar-refractivity contribution < 1.29 is 4.42 Å². The zero-order valence-electron chi connectivity index (χ0n) is 27.2. The average Bonchev–Trinajstić information content (AvgIpc) is 3.63. The molecule has 4 heteroatoms. The van der Waals surface area contributed by atoms with Crippen LogP contribution in [0.15, 0.2) is 162 Å². The van der Waals surface area contributed by atoms with Crippen LogP contribution in [0.2, 0.25) is 5.02 Å². The number of fused-ring (bicyclic) bond motifs is 6. The predicted octanol–water partition coefficient (Wildman–Crippen LogP) is 13.4. The van der Waals surface area contributed by atoms with Crippen LogP contribution in [-0.2, 0) is 5.41 Å². The molecule has 0 amide bonds. The largest absolute Gasteiger partial charge is 0.454 e. The van der Waals surface area contributed by atoms with E-state index in [1.165, 1.54) is 22.3 Å². The van der Waals surface area contributed by atoms with Gasteiger partial charge in [0.15, 0.2) is 5.58 Å². The lowest BCUT2D eigenvalue weighted by Crippen LogP contribution is -2.16. The molecule has 0 saturated carbocycles. The second kappa shape index (κ2) is 11.4. The van der Waals surface area contributed by atoms with Gasteiger partial charge in [-0.25, -0.2) is 0 Å². The van der Waals surface area contributed by atoms with Gasteiger partial charge in [-0.2, -0.15) is 0 Å². The Morgan fingerprint density at radius 3 is 2.02 bits per heavy atom. The number of rotatable bonds is 6. The standard InChI is InChI=1S/C45H33ClN2O/c1-45(2)40-14-8-6-12-36(40)37-25-24-34(28-41(37)45)48(32-10-4-3-5-11-32)33-22-16-29(17-23-33)35-26-27-39-38-13-7-9-15-42(38)49-44(39)43(35)47-31-20-18-30(46)19-21-31/h3-28,47H,1-2H3. The zero-order valence-corrected chi connectivity index (χ0v) is 28.0. The monoisotopic (exact) mass is 652 g/mol. The summed E-state index contributed by atoms with van der Waals surface area (Å²) in [5.41, 5.74) is 14.3. The summed E-state index contributed by atoms with van der Waals surface area (Å²) in [5.74, 6) is 0. The Morgan fingerprint density at radius 1 is 0.551 bits per heavy atom. The molecule has 0 fully saturated rings. The van der Waals surface area contributed by atoms with Gasteiger partial charge in [-0.15, -0.1) is 0 Å². The number of anilines is 5.